The molecule has 0 amide bonds. The van der Waals surface area contributed by atoms with Gasteiger partial charge in [-0.25, -0.2) is 0 Å². The highest BCUT2D eigenvalue weighted by Gasteiger charge is 1.91. The van der Waals surface area contributed by atoms with E-state index in [4.69, 9.17) is 5.73 Å². The zero-order chi connectivity index (χ0) is 5.98. The largest absolute Gasteiger partial charge is 0.310 e. The molecule has 1 atom stereocenters. The first-order valence-corrected chi connectivity index (χ1v) is 2.55. The smallest absolute Gasteiger partial charge is 0.0959 e. The SMILES string of the molecule is CC(N)n1cccn1. The highest BCUT2D eigenvalue weighted by molar-refractivity contribution is 4.78. The van der Waals surface area contributed by atoms with Crippen LogP contribution in [0.2, 0.25) is 0 Å². The molecule has 3 heteroatoms. The molecule has 0 bridgehead atoms. The van der Waals surface area contributed by atoms with E-state index in [-0.39, 0.29) is 6.17 Å². The van der Waals surface area contributed by atoms with Crippen LogP contribution in [0.15, 0.2) is 18.5 Å². The first kappa shape index (κ1) is 5.31. The van der Waals surface area contributed by atoms with Gasteiger partial charge in [0.15, 0.2) is 0 Å². The van der Waals surface area contributed by atoms with Crippen LogP contribution in [-0.4, -0.2) is 9.78 Å². The van der Waals surface area contributed by atoms with Crippen LogP contribution in [0.25, 0.3) is 0 Å². The molecule has 3 nitrogen and oxygen atoms in total. The van der Waals surface area contributed by atoms with Gasteiger partial charge in [-0.2, -0.15) is 5.10 Å². The van der Waals surface area contributed by atoms with Crippen molar-refractivity contribution in [1.29, 1.82) is 0 Å². The van der Waals surface area contributed by atoms with Crippen LogP contribution < -0.4 is 5.73 Å². The highest BCUT2D eigenvalue weighted by Crippen LogP contribution is 1.91. The van der Waals surface area contributed by atoms with Crippen LogP contribution in [0.1, 0.15) is 13.1 Å². The summed E-state index contributed by atoms with van der Waals surface area (Å²) >= 11 is 0. The lowest BCUT2D eigenvalue weighted by Gasteiger charge is -2.02. The Morgan fingerprint density at radius 1 is 1.75 bits per heavy atom. The van der Waals surface area contributed by atoms with Crippen LogP contribution in [0.5, 0.6) is 0 Å². The van der Waals surface area contributed by atoms with Gasteiger partial charge in [0.05, 0.1) is 6.17 Å². The van der Waals surface area contributed by atoms with Crippen LogP contribution >= 0.6 is 0 Å². The number of hydrogen-bond acceptors (Lipinski definition) is 2. The van der Waals surface area contributed by atoms with E-state index in [0.717, 1.165) is 0 Å². The second-order valence-electron chi connectivity index (χ2n) is 1.73. The van der Waals surface area contributed by atoms with E-state index in [1.807, 2.05) is 19.2 Å². The fourth-order valence-corrected chi connectivity index (χ4v) is 0.522. The third-order valence-electron chi connectivity index (χ3n) is 0.942. The van der Waals surface area contributed by atoms with Crippen LogP contribution in [0, 0.1) is 0 Å². The summed E-state index contributed by atoms with van der Waals surface area (Å²) in [7, 11) is 0. The normalized spacial score (nSPS) is 13.8. The molecule has 0 saturated carbocycles. The second-order valence-corrected chi connectivity index (χ2v) is 1.73. The predicted molar refractivity (Wildman–Crippen MR) is 31.1 cm³/mol. The van der Waals surface area contributed by atoms with Gasteiger partial charge in [0.1, 0.15) is 0 Å². The first-order valence-electron chi connectivity index (χ1n) is 2.55. The summed E-state index contributed by atoms with van der Waals surface area (Å²) in [6, 6.07) is 1.85. The molecule has 1 aromatic rings. The van der Waals surface area contributed by atoms with Crippen molar-refractivity contribution in [2.24, 2.45) is 5.73 Å². The van der Waals surface area contributed by atoms with Crippen molar-refractivity contribution in [3.63, 3.8) is 0 Å². The Labute approximate surface area is 48.1 Å². The maximum Gasteiger partial charge on any atom is 0.0959 e. The third kappa shape index (κ3) is 0.869. The molecule has 1 heterocycles. The fourth-order valence-electron chi connectivity index (χ4n) is 0.522. The third-order valence-corrected chi connectivity index (χ3v) is 0.942. The fraction of sp³-hybridized carbons (Fsp3) is 0.400. The van der Waals surface area contributed by atoms with Gasteiger partial charge in [-0.3, -0.25) is 4.68 Å². The molecule has 0 fully saturated rings. The molecule has 0 radical (unpaired) electrons. The predicted octanol–water partition coefficient (Wildman–Crippen LogP) is 0.360. The second kappa shape index (κ2) is 1.96. The van der Waals surface area contributed by atoms with Gasteiger partial charge in [0, 0.05) is 12.4 Å². The van der Waals surface area contributed by atoms with E-state index in [1.54, 1.807) is 10.9 Å². The Morgan fingerprint density at radius 3 is 2.75 bits per heavy atom. The first-order chi connectivity index (χ1) is 3.80. The number of nitrogens with zero attached hydrogens (tertiary/aromatic N) is 2. The molecule has 1 aromatic heterocycles. The lowest BCUT2D eigenvalue weighted by atomic mass is 10.6. The Hall–Kier alpha value is -0.830. The lowest BCUT2D eigenvalue weighted by Crippen LogP contribution is -2.14. The van der Waals surface area contributed by atoms with Crippen molar-refractivity contribution in [2.75, 3.05) is 0 Å². The minimum atomic E-state index is -0.00926. The zero-order valence-electron chi connectivity index (χ0n) is 4.78. The Balaban J connectivity index is 2.77. The summed E-state index contributed by atoms with van der Waals surface area (Å²) in [4.78, 5) is 0. The molecule has 0 aliphatic rings. The molecule has 0 saturated heterocycles. The molecule has 0 spiro atoms. The average Bonchev–Trinajstić information content (AvgIpc) is 2.12. The average molecular weight is 111 g/mol. The minimum Gasteiger partial charge on any atom is -0.310 e. The monoisotopic (exact) mass is 111 g/mol. The quantitative estimate of drug-likeness (QED) is 0.568. The van der Waals surface area contributed by atoms with Gasteiger partial charge in [-0.1, -0.05) is 0 Å². The maximum atomic E-state index is 5.46. The van der Waals surface area contributed by atoms with E-state index in [1.165, 1.54) is 0 Å². The summed E-state index contributed by atoms with van der Waals surface area (Å²) in [6.07, 6.45) is 3.54. The van der Waals surface area contributed by atoms with Crippen molar-refractivity contribution in [2.45, 2.75) is 13.1 Å². The Bertz CT molecular complexity index is 143. The van der Waals surface area contributed by atoms with Gasteiger partial charge >= 0.3 is 0 Å². The molecule has 44 valence electrons. The topological polar surface area (TPSA) is 43.8 Å². The molecule has 1 rings (SSSR count). The van der Waals surface area contributed by atoms with Gasteiger partial charge in [0.2, 0.25) is 0 Å². The summed E-state index contributed by atoms with van der Waals surface area (Å²) in [5, 5.41) is 3.91. The van der Waals surface area contributed by atoms with Crippen molar-refractivity contribution < 1.29 is 0 Å². The standard InChI is InChI=1S/C5H9N3/c1-5(6)8-4-2-3-7-8/h2-5H,6H2,1H3. The number of aromatic nitrogens is 2. The molecule has 1 unspecified atom stereocenters. The molecule has 0 aliphatic carbocycles. The number of rotatable bonds is 1. The highest BCUT2D eigenvalue weighted by atomic mass is 15.3. The number of hydrogen-bond donors (Lipinski definition) is 1. The van der Waals surface area contributed by atoms with E-state index >= 15 is 0 Å². The van der Waals surface area contributed by atoms with Gasteiger partial charge in [0.25, 0.3) is 0 Å². The van der Waals surface area contributed by atoms with Gasteiger partial charge in [-0.05, 0) is 13.0 Å². The Morgan fingerprint density at radius 2 is 2.50 bits per heavy atom. The van der Waals surface area contributed by atoms with Crippen molar-refractivity contribution >= 4 is 0 Å². The van der Waals surface area contributed by atoms with Gasteiger partial charge in [-0.15, -0.1) is 0 Å². The van der Waals surface area contributed by atoms with Crippen molar-refractivity contribution in [3.8, 4) is 0 Å². The van der Waals surface area contributed by atoms with Crippen LogP contribution in [0.4, 0.5) is 0 Å². The molecular weight excluding hydrogens is 102 g/mol. The summed E-state index contributed by atoms with van der Waals surface area (Å²) in [5.41, 5.74) is 5.46. The van der Waals surface area contributed by atoms with Crippen molar-refractivity contribution in [1.82, 2.24) is 9.78 Å². The van der Waals surface area contributed by atoms with Crippen molar-refractivity contribution in [3.05, 3.63) is 18.5 Å². The Kier molecular flexibility index (Phi) is 1.30. The van der Waals surface area contributed by atoms with Crippen LogP contribution in [0.3, 0.4) is 0 Å². The summed E-state index contributed by atoms with van der Waals surface area (Å²) in [6.45, 7) is 1.88. The maximum absolute atomic E-state index is 5.46. The molecule has 0 aromatic carbocycles. The zero-order valence-corrected chi connectivity index (χ0v) is 4.78. The molecule has 2 N–H and O–H groups in total. The lowest BCUT2D eigenvalue weighted by molar-refractivity contribution is 0.509. The van der Waals surface area contributed by atoms with E-state index in [0.29, 0.717) is 0 Å². The minimum absolute atomic E-state index is 0.00926. The van der Waals surface area contributed by atoms with E-state index < -0.39 is 0 Å². The van der Waals surface area contributed by atoms with E-state index in [9.17, 15) is 0 Å². The van der Waals surface area contributed by atoms with Gasteiger partial charge < -0.3 is 5.73 Å². The molecular formula is C5H9N3. The summed E-state index contributed by atoms with van der Waals surface area (Å²) < 4.78 is 1.69. The molecule has 8 heavy (non-hydrogen) atoms. The van der Waals surface area contributed by atoms with Crippen LogP contribution in [-0.2, 0) is 0 Å². The molecule has 0 aliphatic heterocycles. The summed E-state index contributed by atoms with van der Waals surface area (Å²) in [5.74, 6) is 0. The van der Waals surface area contributed by atoms with E-state index in [2.05, 4.69) is 5.10 Å². The number of nitrogens with two attached hydrogens (primary N) is 1.